The lowest BCUT2D eigenvalue weighted by atomic mass is 9.96. The van der Waals surface area contributed by atoms with E-state index in [-0.39, 0.29) is 6.03 Å². The normalized spacial score (nSPS) is 14.5. The van der Waals surface area contributed by atoms with E-state index < -0.39 is 0 Å². The Kier molecular flexibility index (Phi) is 5.92. The maximum absolute atomic E-state index is 12.2. The van der Waals surface area contributed by atoms with Crippen LogP contribution in [0.25, 0.3) is 22.2 Å². The molecule has 1 aromatic carbocycles. The van der Waals surface area contributed by atoms with Crippen molar-refractivity contribution in [3.05, 3.63) is 24.5 Å². The molecule has 0 radical (unpaired) electrons. The number of amides is 2. The fraction of sp³-hybridized carbons (Fsp3) is 0.455. The molecule has 1 aliphatic carbocycles. The second-order valence-electron chi connectivity index (χ2n) is 7.71. The van der Waals surface area contributed by atoms with E-state index in [0.717, 1.165) is 23.8 Å². The molecule has 2 amide bonds. The summed E-state index contributed by atoms with van der Waals surface area (Å²) >= 11 is 0. The van der Waals surface area contributed by atoms with Gasteiger partial charge in [0.2, 0.25) is 5.95 Å². The molecule has 4 rings (SSSR count). The van der Waals surface area contributed by atoms with Gasteiger partial charge in [-0.25, -0.2) is 14.8 Å². The van der Waals surface area contributed by atoms with Gasteiger partial charge >= 0.3 is 6.03 Å². The van der Waals surface area contributed by atoms with Gasteiger partial charge in [-0.2, -0.15) is 5.10 Å². The van der Waals surface area contributed by atoms with Crippen LogP contribution >= 0.6 is 0 Å². The van der Waals surface area contributed by atoms with Gasteiger partial charge in [0.05, 0.1) is 37.7 Å². The number of hydrogen-bond donors (Lipinski definition) is 1. The molecule has 0 unspecified atom stereocenters. The quantitative estimate of drug-likeness (QED) is 0.670. The lowest BCUT2D eigenvalue weighted by Crippen LogP contribution is -2.36. The molecule has 0 atom stereocenters. The zero-order chi connectivity index (χ0) is 22.0. The van der Waals surface area contributed by atoms with Gasteiger partial charge in [-0.1, -0.05) is 19.3 Å². The summed E-state index contributed by atoms with van der Waals surface area (Å²) in [7, 11) is 6.38. The van der Waals surface area contributed by atoms with E-state index in [1.165, 1.54) is 24.2 Å². The summed E-state index contributed by atoms with van der Waals surface area (Å²) in [5.74, 6) is 1.44. The smallest absolute Gasteiger partial charge is 0.323 e. The first-order valence-electron chi connectivity index (χ1n) is 10.5. The maximum atomic E-state index is 12.2. The first-order valence-corrected chi connectivity index (χ1v) is 10.5. The molecule has 2 aromatic heterocycles. The molecular weight excluding hydrogens is 396 g/mol. The molecule has 0 bridgehead atoms. The van der Waals surface area contributed by atoms with E-state index in [9.17, 15) is 4.79 Å². The van der Waals surface area contributed by atoms with E-state index in [1.54, 1.807) is 34.4 Å². The van der Waals surface area contributed by atoms with Crippen LogP contribution < -0.4 is 19.7 Å². The topological polar surface area (TPSA) is 94.4 Å². The molecule has 1 fully saturated rings. The fourth-order valence-corrected chi connectivity index (χ4v) is 4.08. The summed E-state index contributed by atoms with van der Waals surface area (Å²) in [6.07, 6.45) is 9.90. The second kappa shape index (κ2) is 8.79. The molecule has 2 heterocycles. The van der Waals surface area contributed by atoms with Crippen LogP contribution in [-0.2, 0) is 0 Å². The van der Waals surface area contributed by atoms with Crippen molar-refractivity contribution in [3.8, 4) is 22.8 Å². The number of aromatic nitrogens is 4. The highest BCUT2D eigenvalue weighted by Crippen LogP contribution is 2.37. The average Bonchev–Trinajstić information content (AvgIpc) is 3.32. The molecule has 0 saturated heterocycles. The lowest BCUT2D eigenvalue weighted by molar-refractivity contribution is 0.249. The maximum Gasteiger partial charge on any atom is 0.323 e. The predicted molar refractivity (Wildman–Crippen MR) is 119 cm³/mol. The summed E-state index contributed by atoms with van der Waals surface area (Å²) in [4.78, 5) is 22.9. The molecule has 0 aliphatic heterocycles. The van der Waals surface area contributed by atoms with E-state index in [2.05, 4.69) is 15.4 Å². The van der Waals surface area contributed by atoms with Crippen LogP contribution in [0.3, 0.4) is 0 Å². The van der Waals surface area contributed by atoms with Crippen molar-refractivity contribution in [2.75, 3.05) is 33.2 Å². The van der Waals surface area contributed by atoms with E-state index in [4.69, 9.17) is 14.5 Å². The number of carbonyl (C=O) groups is 1. The molecule has 3 aromatic rings. The molecule has 1 saturated carbocycles. The number of rotatable bonds is 5. The van der Waals surface area contributed by atoms with Crippen LogP contribution in [-0.4, -0.2) is 54.1 Å². The molecule has 164 valence electrons. The van der Waals surface area contributed by atoms with Gasteiger partial charge in [0.25, 0.3) is 0 Å². The highest BCUT2D eigenvalue weighted by Gasteiger charge is 2.21. The van der Waals surface area contributed by atoms with Gasteiger partial charge in [-0.3, -0.25) is 9.58 Å². The Hall–Kier alpha value is -3.36. The Morgan fingerprint density at radius 2 is 1.84 bits per heavy atom. The molecule has 9 nitrogen and oxygen atoms in total. The van der Waals surface area contributed by atoms with Crippen LogP contribution in [0.5, 0.6) is 11.5 Å². The third-order valence-electron chi connectivity index (χ3n) is 5.83. The number of urea groups is 1. The van der Waals surface area contributed by atoms with Crippen molar-refractivity contribution in [1.82, 2.24) is 25.1 Å². The van der Waals surface area contributed by atoms with Gasteiger partial charge in [-0.15, -0.1) is 0 Å². The van der Waals surface area contributed by atoms with Crippen LogP contribution in [0.4, 0.5) is 10.7 Å². The first-order chi connectivity index (χ1) is 15.0. The summed E-state index contributed by atoms with van der Waals surface area (Å²) in [5, 5.41) is 8.04. The van der Waals surface area contributed by atoms with Gasteiger partial charge < -0.3 is 14.8 Å². The zero-order valence-corrected chi connectivity index (χ0v) is 18.4. The minimum Gasteiger partial charge on any atom is -0.493 e. The number of methoxy groups -OCH3 is 2. The number of benzene rings is 1. The SMILES string of the molecule is CNC(=O)N(C)c1nc(-c2cnn(C3CCCCC3)c2)c2cc(OC)c(OC)cc2n1. The van der Waals surface area contributed by atoms with Crippen LogP contribution in [0, 0.1) is 0 Å². The number of carbonyl (C=O) groups excluding carboxylic acids is 1. The summed E-state index contributed by atoms with van der Waals surface area (Å²) in [6, 6.07) is 3.78. The molecule has 1 N–H and O–H groups in total. The van der Waals surface area contributed by atoms with Crippen LogP contribution in [0.15, 0.2) is 24.5 Å². The zero-order valence-electron chi connectivity index (χ0n) is 18.4. The largest absolute Gasteiger partial charge is 0.493 e. The number of ether oxygens (including phenoxy) is 2. The Morgan fingerprint density at radius 3 is 2.52 bits per heavy atom. The number of nitrogens with zero attached hydrogens (tertiary/aromatic N) is 5. The second-order valence-corrected chi connectivity index (χ2v) is 7.71. The van der Waals surface area contributed by atoms with Gasteiger partial charge in [-0.05, 0) is 18.9 Å². The van der Waals surface area contributed by atoms with Crippen molar-refractivity contribution in [2.24, 2.45) is 0 Å². The van der Waals surface area contributed by atoms with Crippen molar-refractivity contribution < 1.29 is 14.3 Å². The molecule has 31 heavy (non-hydrogen) atoms. The van der Waals surface area contributed by atoms with Gasteiger partial charge in [0.15, 0.2) is 11.5 Å². The number of fused-ring (bicyclic) bond motifs is 1. The first kappa shape index (κ1) is 20.9. The lowest BCUT2D eigenvalue weighted by Gasteiger charge is -2.21. The van der Waals surface area contributed by atoms with Crippen LogP contribution in [0.2, 0.25) is 0 Å². The van der Waals surface area contributed by atoms with Crippen molar-refractivity contribution in [1.29, 1.82) is 0 Å². The van der Waals surface area contributed by atoms with Crippen molar-refractivity contribution in [3.63, 3.8) is 0 Å². The average molecular weight is 425 g/mol. The molecule has 0 spiro atoms. The number of hydrogen-bond acceptors (Lipinski definition) is 6. The Balaban J connectivity index is 1.87. The van der Waals surface area contributed by atoms with Crippen LogP contribution in [0.1, 0.15) is 38.1 Å². The predicted octanol–water partition coefficient (Wildman–Crippen LogP) is 3.79. The third-order valence-corrected chi connectivity index (χ3v) is 5.83. The highest BCUT2D eigenvalue weighted by atomic mass is 16.5. The molecule has 1 aliphatic rings. The third kappa shape index (κ3) is 3.99. The van der Waals surface area contributed by atoms with Gasteiger partial charge in [0, 0.05) is 37.3 Å². The Labute approximate surface area is 181 Å². The summed E-state index contributed by atoms with van der Waals surface area (Å²) in [6.45, 7) is 0. The van der Waals surface area contributed by atoms with Crippen molar-refractivity contribution in [2.45, 2.75) is 38.1 Å². The molecule has 9 heteroatoms. The highest BCUT2D eigenvalue weighted by molar-refractivity contribution is 5.97. The standard InChI is InChI=1S/C22H28N6O3/c1-23-22(29)27(2)21-25-17-11-19(31-4)18(30-3)10-16(17)20(26-21)14-12-24-28(13-14)15-8-6-5-7-9-15/h10-13,15H,5-9H2,1-4H3,(H,23,29). The van der Waals surface area contributed by atoms with Crippen molar-refractivity contribution >= 4 is 22.9 Å². The van der Waals surface area contributed by atoms with E-state index >= 15 is 0 Å². The number of anilines is 1. The summed E-state index contributed by atoms with van der Waals surface area (Å²) < 4.78 is 13.0. The summed E-state index contributed by atoms with van der Waals surface area (Å²) in [5.41, 5.74) is 2.22. The molecular formula is C22H28N6O3. The minimum atomic E-state index is -0.302. The van der Waals surface area contributed by atoms with E-state index in [0.29, 0.717) is 34.7 Å². The fourth-order valence-electron chi connectivity index (χ4n) is 4.08. The Bertz CT molecular complexity index is 1090. The monoisotopic (exact) mass is 424 g/mol. The Morgan fingerprint density at radius 1 is 1.13 bits per heavy atom. The van der Waals surface area contributed by atoms with Gasteiger partial charge in [0.1, 0.15) is 0 Å². The van der Waals surface area contributed by atoms with E-state index in [1.807, 2.05) is 23.1 Å². The minimum absolute atomic E-state index is 0.291. The number of nitrogens with one attached hydrogen (secondary N) is 1.